The summed E-state index contributed by atoms with van der Waals surface area (Å²) < 4.78 is 0. The summed E-state index contributed by atoms with van der Waals surface area (Å²) in [7, 11) is 0. The van der Waals surface area contributed by atoms with Gasteiger partial charge in [0.15, 0.2) is 0 Å². The summed E-state index contributed by atoms with van der Waals surface area (Å²) in [6.45, 7) is 9.95. The average molecular weight is 476 g/mol. The number of rotatable bonds is 6. The summed E-state index contributed by atoms with van der Waals surface area (Å²) in [5.74, 6) is 0.365. The van der Waals surface area contributed by atoms with Crippen LogP contribution in [0.15, 0.2) is 48.5 Å². The lowest BCUT2D eigenvalue weighted by atomic mass is 9.84. The van der Waals surface area contributed by atoms with E-state index in [9.17, 15) is 9.59 Å². The molecule has 0 bridgehead atoms. The second-order valence-corrected chi connectivity index (χ2v) is 10.4. The molecule has 0 saturated carbocycles. The number of amides is 2. The van der Waals surface area contributed by atoms with Crippen molar-refractivity contribution in [2.24, 2.45) is 11.8 Å². The zero-order valence-electron chi connectivity index (χ0n) is 20.4. The van der Waals surface area contributed by atoms with Gasteiger partial charge < -0.3 is 10.2 Å². The number of thiazole rings is 1. The Balaban J connectivity index is 1.32. The zero-order chi connectivity index (χ0) is 24.2. The van der Waals surface area contributed by atoms with E-state index >= 15 is 0 Å². The molecule has 4 rings (SSSR count). The second-order valence-electron chi connectivity index (χ2n) is 9.36. The van der Waals surface area contributed by atoms with E-state index in [1.165, 1.54) is 22.5 Å². The van der Waals surface area contributed by atoms with Crippen molar-refractivity contribution in [3.8, 4) is 10.6 Å². The molecule has 1 fully saturated rings. The van der Waals surface area contributed by atoms with Gasteiger partial charge in [-0.2, -0.15) is 0 Å². The molecule has 0 spiro atoms. The molecule has 34 heavy (non-hydrogen) atoms. The van der Waals surface area contributed by atoms with Crippen molar-refractivity contribution in [2.75, 3.05) is 13.1 Å². The van der Waals surface area contributed by atoms with Gasteiger partial charge in [-0.1, -0.05) is 61.0 Å². The Morgan fingerprint density at radius 3 is 2.41 bits per heavy atom. The zero-order valence-corrected chi connectivity index (χ0v) is 21.2. The van der Waals surface area contributed by atoms with Crippen LogP contribution in [0, 0.1) is 32.6 Å². The molecule has 1 saturated heterocycles. The van der Waals surface area contributed by atoms with Gasteiger partial charge >= 0.3 is 0 Å². The van der Waals surface area contributed by atoms with E-state index in [0.29, 0.717) is 19.6 Å². The van der Waals surface area contributed by atoms with E-state index in [2.05, 4.69) is 60.5 Å². The predicted octanol–water partition coefficient (Wildman–Crippen LogP) is 5.54. The minimum atomic E-state index is -0.0699. The van der Waals surface area contributed by atoms with Crippen LogP contribution in [0.3, 0.4) is 0 Å². The number of hydrogen-bond acceptors (Lipinski definition) is 4. The number of nitrogens with one attached hydrogen (secondary N) is 1. The highest BCUT2D eigenvalue weighted by Gasteiger charge is 2.31. The second kappa shape index (κ2) is 10.5. The quantitative estimate of drug-likeness (QED) is 0.509. The summed E-state index contributed by atoms with van der Waals surface area (Å²) in [5.41, 5.74) is 5.37. The number of piperidine rings is 1. The molecule has 5 nitrogen and oxygen atoms in total. The number of carbonyl (C=O) groups excluding carboxylic acids is 2. The summed E-state index contributed by atoms with van der Waals surface area (Å²) >= 11 is 1.47. The van der Waals surface area contributed by atoms with Crippen LogP contribution < -0.4 is 5.32 Å². The van der Waals surface area contributed by atoms with Crippen LogP contribution in [0.25, 0.3) is 10.6 Å². The van der Waals surface area contributed by atoms with Crippen molar-refractivity contribution in [3.63, 3.8) is 0 Å². The molecule has 178 valence electrons. The first kappa shape index (κ1) is 24.1. The smallest absolute Gasteiger partial charge is 0.265 e. The fraction of sp³-hybridized carbons (Fsp3) is 0.393. The number of benzene rings is 2. The Morgan fingerprint density at radius 2 is 1.74 bits per heavy atom. The lowest BCUT2D eigenvalue weighted by Crippen LogP contribution is -2.42. The lowest BCUT2D eigenvalue weighted by molar-refractivity contribution is -0.126. The molecule has 0 radical (unpaired) electrons. The number of hydrogen-bond donors (Lipinski definition) is 1. The predicted molar refractivity (Wildman–Crippen MR) is 138 cm³/mol. The van der Waals surface area contributed by atoms with Crippen molar-refractivity contribution in [2.45, 2.75) is 47.1 Å². The molecule has 1 aromatic heterocycles. The monoisotopic (exact) mass is 475 g/mol. The fourth-order valence-corrected chi connectivity index (χ4v) is 5.57. The van der Waals surface area contributed by atoms with Gasteiger partial charge in [0.2, 0.25) is 5.91 Å². The van der Waals surface area contributed by atoms with Crippen molar-refractivity contribution >= 4 is 23.2 Å². The van der Waals surface area contributed by atoms with Gasteiger partial charge in [-0.25, -0.2) is 4.98 Å². The Labute approximate surface area is 206 Å². The minimum Gasteiger partial charge on any atom is -0.352 e. The Hall–Kier alpha value is -2.99. The highest BCUT2D eigenvalue weighted by Crippen LogP contribution is 2.31. The molecule has 2 amide bonds. The van der Waals surface area contributed by atoms with Crippen molar-refractivity contribution in [1.29, 1.82) is 0 Å². The maximum absolute atomic E-state index is 13.2. The molecular formula is C28H33N3O2S. The van der Waals surface area contributed by atoms with Crippen molar-refractivity contribution in [3.05, 3.63) is 75.8 Å². The first-order chi connectivity index (χ1) is 16.3. The number of likely N-dealkylation sites (tertiary alicyclic amines) is 1. The van der Waals surface area contributed by atoms with Gasteiger partial charge in [0, 0.05) is 31.1 Å². The van der Waals surface area contributed by atoms with Crippen LogP contribution in [0.2, 0.25) is 0 Å². The molecule has 1 unspecified atom stereocenters. The van der Waals surface area contributed by atoms with Crippen molar-refractivity contribution < 1.29 is 9.59 Å². The molecule has 1 N–H and O–H groups in total. The number of aromatic nitrogens is 1. The van der Waals surface area contributed by atoms with E-state index in [1.807, 2.05) is 30.9 Å². The van der Waals surface area contributed by atoms with Crippen molar-refractivity contribution in [1.82, 2.24) is 15.2 Å². The third-order valence-corrected chi connectivity index (χ3v) is 8.15. The number of carbonyl (C=O) groups is 2. The largest absolute Gasteiger partial charge is 0.352 e. The third kappa shape index (κ3) is 5.39. The first-order valence-corrected chi connectivity index (χ1v) is 12.8. The van der Waals surface area contributed by atoms with Gasteiger partial charge in [-0.15, -0.1) is 11.3 Å². The van der Waals surface area contributed by atoms with Gasteiger partial charge in [0.1, 0.15) is 9.88 Å². The summed E-state index contributed by atoms with van der Waals surface area (Å²) in [4.78, 5) is 33.3. The summed E-state index contributed by atoms with van der Waals surface area (Å²) in [6, 6.07) is 16.4. The number of aryl methyl sites for hydroxylation is 3. The molecule has 3 aromatic rings. The van der Waals surface area contributed by atoms with Crippen LogP contribution >= 0.6 is 11.3 Å². The average Bonchev–Trinajstić information content (AvgIpc) is 3.24. The summed E-state index contributed by atoms with van der Waals surface area (Å²) in [5, 5.41) is 3.98. The molecule has 2 heterocycles. The fourth-order valence-electron chi connectivity index (χ4n) is 4.53. The topological polar surface area (TPSA) is 62.3 Å². The van der Waals surface area contributed by atoms with E-state index in [1.54, 1.807) is 0 Å². The molecule has 0 aliphatic carbocycles. The Bertz CT molecular complexity index is 1160. The van der Waals surface area contributed by atoms with E-state index in [-0.39, 0.29) is 23.7 Å². The van der Waals surface area contributed by atoms with Crippen LogP contribution in [-0.2, 0) is 11.3 Å². The van der Waals surface area contributed by atoms with Gasteiger partial charge in [-0.05, 0) is 50.7 Å². The lowest BCUT2D eigenvalue weighted by Gasteiger charge is -2.34. The Morgan fingerprint density at radius 1 is 1.06 bits per heavy atom. The van der Waals surface area contributed by atoms with E-state index < -0.39 is 0 Å². The van der Waals surface area contributed by atoms with E-state index in [4.69, 9.17) is 0 Å². The third-order valence-electron chi connectivity index (χ3n) is 6.95. The maximum atomic E-state index is 13.2. The molecular weight excluding hydrogens is 442 g/mol. The molecule has 6 heteroatoms. The standard InChI is InChI=1S/C28H33N3O2S/c1-18-9-11-23(12-10-18)27-30-21(4)25(34-27)28(33)31-15-13-22(14-16-31)20(3)26(32)29-17-24-8-6-5-7-19(24)2/h5-12,20,22H,13-17H2,1-4H3,(H,29,32). The van der Waals surface area contributed by atoms with Gasteiger partial charge in [0.05, 0.1) is 5.69 Å². The van der Waals surface area contributed by atoms with Crippen LogP contribution in [-0.4, -0.2) is 34.8 Å². The van der Waals surface area contributed by atoms with E-state index in [0.717, 1.165) is 39.5 Å². The highest BCUT2D eigenvalue weighted by atomic mass is 32.1. The molecule has 1 atom stereocenters. The Kier molecular flexibility index (Phi) is 7.47. The molecule has 1 aliphatic rings. The van der Waals surface area contributed by atoms with Gasteiger partial charge in [-0.3, -0.25) is 9.59 Å². The van der Waals surface area contributed by atoms with Crippen LogP contribution in [0.1, 0.15) is 51.8 Å². The van der Waals surface area contributed by atoms with Crippen LogP contribution in [0.5, 0.6) is 0 Å². The summed E-state index contributed by atoms with van der Waals surface area (Å²) in [6.07, 6.45) is 1.68. The molecule has 2 aromatic carbocycles. The first-order valence-electron chi connectivity index (χ1n) is 12.0. The van der Waals surface area contributed by atoms with Gasteiger partial charge in [0.25, 0.3) is 5.91 Å². The number of nitrogens with zero attached hydrogens (tertiary/aromatic N) is 2. The maximum Gasteiger partial charge on any atom is 0.265 e. The molecule has 1 aliphatic heterocycles. The normalized spacial score (nSPS) is 15.2. The minimum absolute atomic E-state index is 0.0588. The van der Waals surface area contributed by atoms with Crippen LogP contribution in [0.4, 0.5) is 0 Å². The highest BCUT2D eigenvalue weighted by molar-refractivity contribution is 7.17. The SMILES string of the molecule is Cc1ccc(-c2nc(C)c(C(=O)N3CCC(C(C)C(=O)NCc4ccccc4C)CC3)s2)cc1.